The summed E-state index contributed by atoms with van der Waals surface area (Å²) in [6.07, 6.45) is 1.92. The number of amides is 1. The van der Waals surface area contributed by atoms with Crippen LogP contribution in [0, 0.1) is 13.8 Å². The molecule has 1 fully saturated rings. The topological polar surface area (TPSA) is 68.0 Å². The van der Waals surface area contributed by atoms with Gasteiger partial charge in [0, 0.05) is 30.3 Å². The fraction of sp³-hybridized carbons (Fsp3) is 0.524. The van der Waals surface area contributed by atoms with Crippen LogP contribution in [0.4, 0.5) is 0 Å². The average molecular weight is 387 g/mol. The minimum absolute atomic E-state index is 0.0285. The van der Waals surface area contributed by atoms with Gasteiger partial charge >= 0.3 is 0 Å². The number of nitrogens with zero attached hydrogens (tertiary/aromatic N) is 3. The number of ether oxygens (including phenoxy) is 2. The number of hydrogen-bond donors (Lipinski definition) is 0. The van der Waals surface area contributed by atoms with Gasteiger partial charge < -0.3 is 18.9 Å². The van der Waals surface area contributed by atoms with E-state index >= 15 is 0 Å². The first-order valence-corrected chi connectivity index (χ1v) is 9.56. The van der Waals surface area contributed by atoms with Crippen LogP contribution in [0.1, 0.15) is 41.5 Å². The molecule has 1 amide bonds. The van der Waals surface area contributed by atoms with Crippen LogP contribution in [-0.4, -0.2) is 55.2 Å². The standard InChI is InChI=1S/C21H29N3O4/c1-14-18(15(2)28-22-14)12-23(3)13-21(25)24-10-6-7-19(24)17-9-8-16(26-4)11-20(17)27-5/h8-9,11,19H,6-7,10,12-13H2,1-5H3. The number of benzene rings is 1. The van der Waals surface area contributed by atoms with Gasteiger partial charge in [-0.05, 0) is 45.9 Å². The lowest BCUT2D eigenvalue weighted by Gasteiger charge is -2.28. The highest BCUT2D eigenvalue weighted by Gasteiger charge is 2.32. The zero-order chi connectivity index (χ0) is 20.3. The fourth-order valence-electron chi connectivity index (χ4n) is 3.86. The van der Waals surface area contributed by atoms with E-state index < -0.39 is 0 Å². The summed E-state index contributed by atoms with van der Waals surface area (Å²) in [6.45, 7) is 5.57. The maximum absolute atomic E-state index is 13.0. The van der Waals surface area contributed by atoms with Crippen LogP contribution >= 0.6 is 0 Å². The fourth-order valence-corrected chi connectivity index (χ4v) is 3.86. The van der Waals surface area contributed by atoms with Gasteiger partial charge in [0.05, 0.1) is 32.5 Å². The molecule has 0 N–H and O–H groups in total. The second kappa shape index (κ2) is 8.65. The van der Waals surface area contributed by atoms with Crippen LogP contribution in [0.15, 0.2) is 22.7 Å². The SMILES string of the molecule is COc1ccc(C2CCCN2C(=O)CN(C)Cc2c(C)noc2C)c(OC)c1. The number of carbonyl (C=O) groups excluding carboxylic acids is 1. The Labute approximate surface area is 166 Å². The summed E-state index contributed by atoms with van der Waals surface area (Å²) in [5.74, 6) is 2.43. The Hall–Kier alpha value is -2.54. The molecule has 152 valence electrons. The van der Waals surface area contributed by atoms with E-state index in [2.05, 4.69) is 5.16 Å². The van der Waals surface area contributed by atoms with E-state index in [1.807, 2.05) is 48.9 Å². The first-order valence-electron chi connectivity index (χ1n) is 9.56. The number of rotatable bonds is 7. The van der Waals surface area contributed by atoms with Crippen molar-refractivity contribution < 1.29 is 18.8 Å². The van der Waals surface area contributed by atoms with Crippen molar-refractivity contribution in [3.05, 3.63) is 40.8 Å². The van der Waals surface area contributed by atoms with E-state index in [-0.39, 0.29) is 11.9 Å². The van der Waals surface area contributed by atoms with E-state index in [4.69, 9.17) is 14.0 Å². The molecule has 2 aromatic rings. The van der Waals surface area contributed by atoms with Crippen LogP contribution in [0.5, 0.6) is 11.5 Å². The summed E-state index contributed by atoms with van der Waals surface area (Å²) >= 11 is 0. The summed E-state index contributed by atoms with van der Waals surface area (Å²) in [6, 6.07) is 5.82. The highest BCUT2D eigenvalue weighted by atomic mass is 16.5. The van der Waals surface area contributed by atoms with Gasteiger partial charge in [-0.1, -0.05) is 5.16 Å². The van der Waals surface area contributed by atoms with Crippen LogP contribution < -0.4 is 9.47 Å². The van der Waals surface area contributed by atoms with Crippen LogP contribution in [0.2, 0.25) is 0 Å². The lowest BCUT2D eigenvalue weighted by atomic mass is 10.0. The molecule has 0 radical (unpaired) electrons. The molecule has 0 saturated carbocycles. The third-order valence-corrected chi connectivity index (χ3v) is 5.39. The summed E-state index contributed by atoms with van der Waals surface area (Å²) in [5.41, 5.74) is 2.95. The molecular formula is C21H29N3O4. The molecule has 1 aliphatic rings. The smallest absolute Gasteiger partial charge is 0.237 e. The maximum Gasteiger partial charge on any atom is 0.237 e. The van der Waals surface area contributed by atoms with Crippen LogP contribution in [0.25, 0.3) is 0 Å². The van der Waals surface area contributed by atoms with Crippen molar-refractivity contribution in [2.24, 2.45) is 0 Å². The molecule has 1 saturated heterocycles. The van der Waals surface area contributed by atoms with E-state index in [0.29, 0.717) is 13.1 Å². The summed E-state index contributed by atoms with van der Waals surface area (Å²) < 4.78 is 16.1. The Balaban J connectivity index is 1.71. The van der Waals surface area contributed by atoms with Gasteiger partial charge in [0.25, 0.3) is 0 Å². The van der Waals surface area contributed by atoms with Gasteiger partial charge in [-0.25, -0.2) is 0 Å². The number of methoxy groups -OCH3 is 2. The predicted molar refractivity (Wildman–Crippen MR) is 106 cm³/mol. The van der Waals surface area contributed by atoms with Crippen LogP contribution in [0.3, 0.4) is 0 Å². The van der Waals surface area contributed by atoms with E-state index in [1.54, 1.807) is 14.2 Å². The summed E-state index contributed by atoms with van der Waals surface area (Å²) in [7, 11) is 5.23. The lowest BCUT2D eigenvalue weighted by Crippen LogP contribution is -2.38. The zero-order valence-electron chi connectivity index (χ0n) is 17.3. The van der Waals surface area contributed by atoms with Gasteiger partial charge in [0.15, 0.2) is 0 Å². The van der Waals surface area contributed by atoms with Crippen LogP contribution in [-0.2, 0) is 11.3 Å². The molecule has 1 aliphatic heterocycles. The minimum Gasteiger partial charge on any atom is -0.497 e. The normalized spacial score (nSPS) is 16.6. The van der Waals surface area contributed by atoms with Gasteiger partial charge in [0.2, 0.25) is 5.91 Å². The maximum atomic E-state index is 13.0. The number of likely N-dealkylation sites (N-methyl/N-ethyl adjacent to an activating group) is 1. The number of likely N-dealkylation sites (tertiary alicyclic amines) is 1. The molecule has 7 nitrogen and oxygen atoms in total. The van der Waals surface area contributed by atoms with Gasteiger partial charge in [-0.2, -0.15) is 0 Å². The van der Waals surface area contributed by atoms with Gasteiger partial charge in [-0.15, -0.1) is 0 Å². The first kappa shape index (κ1) is 20.2. The van der Waals surface area contributed by atoms with Gasteiger partial charge in [-0.3, -0.25) is 9.69 Å². The molecule has 0 aliphatic carbocycles. The molecule has 1 unspecified atom stereocenters. The second-order valence-electron chi connectivity index (χ2n) is 7.33. The number of aryl methyl sites for hydroxylation is 2. The lowest BCUT2D eigenvalue weighted by molar-refractivity contribution is -0.133. The quantitative estimate of drug-likeness (QED) is 0.727. The van der Waals surface area contributed by atoms with Gasteiger partial charge in [0.1, 0.15) is 17.3 Å². The zero-order valence-corrected chi connectivity index (χ0v) is 17.3. The Morgan fingerprint density at radius 2 is 2.11 bits per heavy atom. The molecule has 1 aromatic carbocycles. The van der Waals surface area contributed by atoms with Crippen molar-refractivity contribution in [2.45, 2.75) is 39.3 Å². The molecule has 1 aromatic heterocycles. The van der Waals surface area contributed by atoms with E-state index in [1.165, 1.54) is 0 Å². The molecule has 1 atom stereocenters. The number of hydrogen-bond acceptors (Lipinski definition) is 6. The Morgan fingerprint density at radius 3 is 2.75 bits per heavy atom. The Bertz CT molecular complexity index is 814. The van der Waals surface area contributed by atoms with Crippen molar-refractivity contribution >= 4 is 5.91 Å². The molecule has 2 heterocycles. The molecule has 7 heteroatoms. The van der Waals surface area contributed by atoms with Crippen molar-refractivity contribution in [3.8, 4) is 11.5 Å². The molecule has 3 rings (SSSR count). The van der Waals surface area contributed by atoms with Crippen molar-refractivity contribution in [2.75, 3.05) is 34.4 Å². The van der Waals surface area contributed by atoms with Crippen molar-refractivity contribution in [1.82, 2.24) is 15.0 Å². The minimum atomic E-state index is 0.0285. The monoisotopic (exact) mass is 387 g/mol. The third-order valence-electron chi connectivity index (χ3n) is 5.39. The molecule has 0 spiro atoms. The van der Waals surface area contributed by atoms with E-state index in [9.17, 15) is 4.79 Å². The van der Waals surface area contributed by atoms with Crippen molar-refractivity contribution in [3.63, 3.8) is 0 Å². The number of aromatic nitrogens is 1. The highest BCUT2D eigenvalue weighted by molar-refractivity contribution is 5.79. The molecule has 28 heavy (non-hydrogen) atoms. The Kier molecular flexibility index (Phi) is 6.24. The average Bonchev–Trinajstić information content (AvgIpc) is 3.29. The van der Waals surface area contributed by atoms with Crippen molar-refractivity contribution in [1.29, 1.82) is 0 Å². The second-order valence-corrected chi connectivity index (χ2v) is 7.33. The summed E-state index contributed by atoms with van der Waals surface area (Å²) in [5, 5.41) is 3.99. The Morgan fingerprint density at radius 1 is 1.32 bits per heavy atom. The van der Waals surface area contributed by atoms with E-state index in [0.717, 1.165) is 53.5 Å². The first-order chi connectivity index (χ1) is 13.4. The number of carbonyl (C=O) groups is 1. The predicted octanol–water partition coefficient (Wildman–Crippen LogP) is 3.10. The third kappa shape index (κ3) is 4.14. The molecular weight excluding hydrogens is 358 g/mol. The highest BCUT2D eigenvalue weighted by Crippen LogP contribution is 2.38. The largest absolute Gasteiger partial charge is 0.497 e. The molecule has 0 bridgehead atoms. The summed E-state index contributed by atoms with van der Waals surface area (Å²) in [4.78, 5) is 17.0.